The third kappa shape index (κ3) is 9.47. The molecule has 20 heteroatoms. The molecule has 1 heterocycles. The molecule has 26 heavy (non-hydrogen) atoms. The zero-order chi connectivity index (χ0) is 18.9. The van der Waals surface area contributed by atoms with Gasteiger partial charge in [0.05, 0.1) is 14.4 Å². The monoisotopic (exact) mass is 492 g/mol. The molecule has 0 aromatic heterocycles. The number of carbonyl (C=O) groups is 1. The number of cyclic esters (lactones) is 1. The van der Waals surface area contributed by atoms with E-state index in [2.05, 4.69) is 17.9 Å². The predicted molar refractivity (Wildman–Crippen MR) is 70.2 cm³/mol. The molecule has 0 fully saturated rings. The topological polar surface area (TPSA) is 258 Å². The molecule has 140 valence electrons. The van der Waals surface area contributed by atoms with Gasteiger partial charge in [0.25, 0.3) is 13.6 Å². The molecule has 0 spiro atoms. The van der Waals surface area contributed by atoms with Crippen LogP contribution in [0.1, 0.15) is 0 Å². The summed E-state index contributed by atoms with van der Waals surface area (Å²) >= 11 is 0. The number of phosphoric ester groups is 1. The van der Waals surface area contributed by atoms with Crippen LogP contribution in [0, 0.1) is 0 Å². The van der Waals surface area contributed by atoms with Gasteiger partial charge in [0, 0.05) is 0 Å². The van der Waals surface area contributed by atoms with Crippen molar-refractivity contribution in [1.82, 2.24) is 0 Å². The minimum Gasteiger partial charge on any atom is -0.790 e. The number of ether oxygens (including phenoxy) is 1. The minimum atomic E-state index is -6.26. The summed E-state index contributed by atoms with van der Waals surface area (Å²) in [6.45, 7) is -1.02. The first-order chi connectivity index (χ1) is 10.7. The molecule has 0 amide bonds. The van der Waals surface area contributed by atoms with Crippen LogP contribution in [-0.4, -0.2) is 116 Å². The molecular formula is C6H7Ca2O15P3. The maximum Gasteiger partial charge on any atom is 2.00 e. The molecule has 0 aromatic carbocycles. The van der Waals surface area contributed by atoms with Crippen molar-refractivity contribution in [3.05, 3.63) is 11.5 Å². The molecule has 1 aliphatic rings. The van der Waals surface area contributed by atoms with Gasteiger partial charge in [0.15, 0.2) is 11.9 Å². The van der Waals surface area contributed by atoms with Gasteiger partial charge in [0.2, 0.25) is 0 Å². The second kappa shape index (κ2) is 11.2. The van der Waals surface area contributed by atoms with Gasteiger partial charge < -0.3 is 48.7 Å². The molecular weight excluding hydrogens is 485 g/mol. The van der Waals surface area contributed by atoms with Gasteiger partial charge in [0.1, 0.15) is 6.10 Å². The van der Waals surface area contributed by atoms with E-state index < -0.39 is 59.8 Å². The fourth-order valence-electron chi connectivity index (χ4n) is 1.29. The maximum atomic E-state index is 11.3. The van der Waals surface area contributed by atoms with E-state index in [-0.39, 0.29) is 75.5 Å². The molecule has 0 bridgehead atoms. The van der Waals surface area contributed by atoms with Crippen molar-refractivity contribution in [3.8, 4) is 0 Å². The summed E-state index contributed by atoms with van der Waals surface area (Å²) in [4.78, 5) is 53.7. The zero-order valence-corrected chi connectivity index (χ0v) is 19.5. The van der Waals surface area contributed by atoms with E-state index in [1.165, 1.54) is 0 Å². The number of esters is 1. The van der Waals surface area contributed by atoms with Crippen molar-refractivity contribution in [3.63, 3.8) is 0 Å². The average molecular weight is 492 g/mol. The Morgan fingerprint density at radius 3 is 2.00 bits per heavy atom. The van der Waals surface area contributed by atoms with Crippen molar-refractivity contribution in [1.29, 1.82) is 0 Å². The van der Waals surface area contributed by atoms with Crippen LogP contribution < -0.4 is 19.6 Å². The molecule has 15 nitrogen and oxygen atoms in total. The number of aliphatic hydroxyl groups is 3. The largest absolute Gasteiger partial charge is 2.00 e. The molecule has 1 rings (SSSR count). The third-order valence-electron chi connectivity index (χ3n) is 2.06. The molecule has 2 unspecified atom stereocenters. The van der Waals surface area contributed by atoms with E-state index in [9.17, 15) is 48.3 Å². The maximum absolute atomic E-state index is 11.3. The van der Waals surface area contributed by atoms with Crippen LogP contribution in [0.4, 0.5) is 0 Å². The van der Waals surface area contributed by atoms with Gasteiger partial charge in [-0.05, 0) is 0 Å². The fraction of sp³-hybridized carbons (Fsp3) is 0.500. The van der Waals surface area contributed by atoms with Crippen molar-refractivity contribution < 1.29 is 71.3 Å². The first-order valence-electron chi connectivity index (χ1n) is 5.37. The molecule has 3 N–H and O–H groups in total. The Morgan fingerprint density at radius 1 is 1.08 bits per heavy atom. The van der Waals surface area contributed by atoms with Crippen LogP contribution in [0.3, 0.4) is 0 Å². The Bertz CT molecular complexity index is 685. The summed E-state index contributed by atoms with van der Waals surface area (Å²) in [5.41, 5.74) is 0. The Labute approximate surface area is 204 Å². The van der Waals surface area contributed by atoms with Crippen molar-refractivity contribution in [2.24, 2.45) is 0 Å². The standard InChI is InChI=1S/C6H11O15P3.2Ca/c7-1-2(8)4-3(9)5(6(10)18-4)19-23(14,15)21-24(16,17)20-22(11,12)13;;/h2,4,7-9H,1H2,(H,14,15)(H,16,17)(H2,11,12,13);;/q;2*+2/p-4/t2-,4+;;/m0../s1. The Kier molecular flexibility index (Phi) is 12.9. The third-order valence-corrected chi connectivity index (χ3v) is 5.67. The van der Waals surface area contributed by atoms with Gasteiger partial charge in [-0.25, -0.2) is 9.11 Å². The SMILES string of the molecule is O=C1O[C@H]([C@@H](O)CO)C(O)=C1OP(=O)([O-])OP(=O)([O-])OP(=O)([O-])[O-].[Ca+2].[Ca+2]. The smallest absolute Gasteiger partial charge is 0.790 e. The second-order valence-electron chi connectivity index (χ2n) is 3.89. The number of phosphoric acid groups is 3. The van der Waals surface area contributed by atoms with Gasteiger partial charge in [-0.3, -0.25) is 13.4 Å². The zero-order valence-electron chi connectivity index (χ0n) is 12.4. The Hall–Kier alpha value is 1.70. The number of carbonyl (C=O) groups excluding carboxylic acids is 1. The summed E-state index contributed by atoms with van der Waals surface area (Å²) in [6.07, 6.45) is -3.79. The summed E-state index contributed by atoms with van der Waals surface area (Å²) in [7, 11) is -18.5. The second-order valence-corrected chi connectivity index (χ2v) is 8.06. The number of hydrogen-bond acceptors (Lipinski definition) is 15. The first-order valence-corrected chi connectivity index (χ1v) is 9.75. The van der Waals surface area contributed by atoms with Gasteiger partial charge in [-0.15, -0.1) is 0 Å². The Morgan fingerprint density at radius 2 is 1.58 bits per heavy atom. The van der Waals surface area contributed by atoms with Gasteiger partial charge in [-0.2, -0.15) is 0 Å². The first kappa shape index (κ1) is 29.9. The molecule has 1 aliphatic heterocycles. The molecule has 0 radical (unpaired) electrons. The van der Waals surface area contributed by atoms with Crippen molar-refractivity contribution in [2.45, 2.75) is 12.2 Å². The van der Waals surface area contributed by atoms with Crippen molar-refractivity contribution in [2.75, 3.05) is 6.61 Å². The van der Waals surface area contributed by atoms with E-state index in [1.807, 2.05) is 0 Å². The van der Waals surface area contributed by atoms with Crippen LogP contribution in [0.2, 0.25) is 0 Å². The average Bonchev–Trinajstić information content (AvgIpc) is 2.61. The molecule has 0 saturated heterocycles. The van der Waals surface area contributed by atoms with E-state index >= 15 is 0 Å². The van der Waals surface area contributed by atoms with E-state index in [0.29, 0.717) is 0 Å². The summed E-state index contributed by atoms with van der Waals surface area (Å²) in [6, 6.07) is 0. The normalized spacial score (nSPS) is 23.0. The minimum absolute atomic E-state index is 0. The van der Waals surface area contributed by atoms with Crippen LogP contribution in [-0.2, 0) is 36.4 Å². The summed E-state index contributed by atoms with van der Waals surface area (Å²) < 4.78 is 46.4. The van der Waals surface area contributed by atoms with Crippen LogP contribution >= 0.6 is 23.5 Å². The number of rotatable bonds is 8. The molecule has 4 atom stereocenters. The van der Waals surface area contributed by atoms with E-state index in [0.717, 1.165) is 0 Å². The van der Waals surface area contributed by atoms with Crippen LogP contribution in [0.25, 0.3) is 0 Å². The number of hydrogen-bond donors (Lipinski definition) is 3. The predicted octanol–water partition coefficient (Wildman–Crippen LogP) is -4.91. The van der Waals surface area contributed by atoms with Crippen LogP contribution in [0.15, 0.2) is 11.5 Å². The molecule has 0 aromatic rings. The van der Waals surface area contributed by atoms with Crippen molar-refractivity contribution >= 4 is 105 Å². The fourth-order valence-corrected chi connectivity index (χ4v) is 4.16. The molecule has 0 saturated carbocycles. The van der Waals surface area contributed by atoms with Gasteiger partial charge in [-0.1, -0.05) is 0 Å². The van der Waals surface area contributed by atoms with E-state index in [1.54, 1.807) is 0 Å². The van der Waals surface area contributed by atoms with Crippen LogP contribution in [0.5, 0.6) is 0 Å². The summed E-state index contributed by atoms with van der Waals surface area (Å²) in [5.74, 6) is -4.55. The van der Waals surface area contributed by atoms with Gasteiger partial charge >= 0.3 is 89.3 Å². The molecule has 0 aliphatic carbocycles. The van der Waals surface area contributed by atoms with E-state index in [4.69, 9.17) is 5.11 Å². The quantitative estimate of drug-likeness (QED) is 0.163. The summed E-state index contributed by atoms with van der Waals surface area (Å²) in [5, 5.41) is 27.3. The number of aliphatic hydroxyl groups excluding tert-OH is 3. The Balaban J connectivity index is 0.